The number of carbonyl (C=O) groups excluding carboxylic acids is 1. The zero-order valence-electron chi connectivity index (χ0n) is 16.3. The molecule has 6 heteroatoms. The highest BCUT2D eigenvalue weighted by Gasteiger charge is 2.28. The lowest BCUT2D eigenvalue weighted by Gasteiger charge is -2.24. The van der Waals surface area contributed by atoms with Crippen LogP contribution in [0.25, 0.3) is 0 Å². The van der Waals surface area contributed by atoms with E-state index in [2.05, 4.69) is 10.8 Å². The Hall–Kier alpha value is -1.40. The van der Waals surface area contributed by atoms with Gasteiger partial charge in [0.05, 0.1) is 15.7 Å². The van der Waals surface area contributed by atoms with Gasteiger partial charge in [0, 0.05) is 19.1 Å². The van der Waals surface area contributed by atoms with Crippen LogP contribution in [0.2, 0.25) is 0 Å². The van der Waals surface area contributed by atoms with E-state index < -0.39 is 16.6 Å². The zero-order valence-corrected chi connectivity index (χ0v) is 17.1. The molecule has 0 saturated carbocycles. The van der Waals surface area contributed by atoms with Gasteiger partial charge in [-0.3, -0.25) is 4.90 Å². The number of hydrogen-bond acceptors (Lipinski definition) is 3. The minimum atomic E-state index is -1.13. The van der Waals surface area contributed by atoms with Crippen LogP contribution < -0.4 is 4.72 Å². The number of ether oxygens (including phenoxy) is 1. The Morgan fingerprint density at radius 1 is 1.16 bits per heavy atom. The van der Waals surface area contributed by atoms with Gasteiger partial charge in [-0.2, -0.15) is 0 Å². The molecule has 0 unspecified atom stereocenters. The van der Waals surface area contributed by atoms with Crippen molar-refractivity contribution in [2.45, 2.75) is 77.9 Å². The molecular formula is C19H30N2O3S. The molecule has 0 radical (unpaired) electrons. The highest BCUT2D eigenvalue weighted by atomic mass is 32.2. The van der Waals surface area contributed by atoms with E-state index in [1.807, 2.05) is 60.6 Å². The van der Waals surface area contributed by atoms with Crippen molar-refractivity contribution in [3.63, 3.8) is 0 Å². The highest BCUT2D eigenvalue weighted by Crippen LogP contribution is 2.28. The van der Waals surface area contributed by atoms with Crippen LogP contribution in [0.5, 0.6) is 0 Å². The number of rotatable bonds is 3. The maximum absolute atomic E-state index is 12.3. The Kier molecular flexibility index (Phi) is 5.64. The summed E-state index contributed by atoms with van der Waals surface area (Å²) in [7, 11) is -1.13. The molecule has 140 valence electrons. The third-order valence-corrected chi connectivity index (χ3v) is 5.62. The Bertz CT molecular complexity index is 674. The third kappa shape index (κ3) is 5.28. The first kappa shape index (κ1) is 19.9. The van der Waals surface area contributed by atoms with Crippen molar-refractivity contribution in [3.8, 4) is 0 Å². The Labute approximate surface area is 153 Å². The lowest BCUT2D eigenvalue weighted by Crippen LogP contribution is -2.34. The van der Waals surface area contributed by atoms with Gasteiger partial charge in [-0.25, -0.2) is 13.7 Å². The van der Waals surface area contributed by atoms with Gasteiger partial charge in [0.2, 0.25) is 0 Å². The van der Waals surface area contributed by atoms with Crippen LogP contribution in [0.15, 0.2) is 18.2 Å². The number of fused-ring (bicyclic) bond motifs is 1. The Balaban J connectivity index is 2.07. The zero-order chi connectivity index (χ0) is 19.0. The average molecular weight is 367 g/mol. The molecule has 5 nitrogen and oxygen atoms in total. The second-order valence-corrected chi connectivity index (χ2v) is 10.6. The van der Waals surface area contributed by atoms with Crippen LogP contribution in [0.3, 0.4) is 0 Å². The summed E-state index contributed by atoms with van der Waals surface area (Å²) in [6.07, 6.45) is -0.287. The normalized spacial score (nSPS) is 17.2. The fourth-order valence-corrected chi connectivity index (χ4v) is 3.36. The Morgan fingerprint density at radius 3 is 2.32 bits per heavy atom. The second kappa shape index (κ2) is 7.08. The van der Waals surface area contributed by atoms with E-state index >= 15 is 0 Å². The van der Waals surface area contributed by atoms with Crippen LogP contribution >= 0.6 is 0 Å². The quantitative estimate of drug-likeness (QED) is 0.878. The van der Waals surface area contributed by atoms with E-state index in [1.54, 1.807) is 4.90 Å². The summed E-state index contributed by atoms with van der Waals surface area (Å²) in [5.41, 5.74) is 2.84. The van der Waals surface area contributed by atoms with E-state index in [-0.39, 0.29) is 16.9 Å². The summed E-state index contributed by atoms with van der Waals surface area (Å²) in [5, 5.41) is 0. The molecule has 0 spiro atoms. The summed E-state index contributed by atoms with van der Waals surface area (Å²) in [4.78, 5) is 14.0. The van der Waals surface area contributed by atoms with Gasteiger partial charge in [-0.05, 0) is 65.2 Å². The number of nitrogens with zero attached hydrogens (tertiary/aromatic N) is 1. The van der Waals surface area contributed by atoms with Gasteiger partial charge in [0.1, 0.15) is 5.60 Å². The smallest absolute Gasteiger partial charge is 0.410 e. The largest absolute Gasteiger partial charge is 0.444 e. The highest BCUT2D eigenvalue weighted by molar-refractivity contribution is 7.84. The Morgan fingerprint density at radius 2 is 1.76 bits per heavy atom. The molecule has 1 aliphatic rings. The first-order chi connectivity index (χ1) is 11.4. The van der Waals surface area contributed by atoms with Crippen LogP contribution in [-0.4, -0.2) is 25.6 Å². The molecular weight excluding hydrogens is 336 g/mol. The van der Waals surface area contributed by atoms with E-state index in [4.69, 9.17) is 4.74 Å². The first-order valence-corrected chi connectivity index (χ1v) is 9.79. The summed E-state index contributed by atoms with van der Waals surface area (Å²) in [6, 6.07) is 6.15. The molecule has 2 rings (SSSR count). The fraction of sp³-hybridized carbons (Fsp3) is 0.632. The van der Waals surface area contributed by atoms with E-state index in [9.17, 15) is 9.00 Å². The van der Waals surface area contributed by atoms with Gasteiger partial charge >= 0.3 is 6.09 Å². The summed E-state index contributed by atoms with van der Waals surface area (Å²) >= 11 is 0. The van der Waals surface area contributed by atoms with Crippen molar-refractivity contribution in [3.05, 3.63) is 34.9 Å². The maximum Gasteiger partial charge on any atom is 0.410 e. The standard InChI is InChI=1S/C19H30N2O3S/c1-13(20-25(23)19(5,6)7)14-8-9-15-11-21(12-16(15)10-14)17(22)24-18(2,3)4/h8-10,13,20H,11-12H2,1-7H3/t13-,25+/m0/s1. The lowest BCUT2D eigenvalue weighted by molar-refractivity contribution is 0.0242. The van der Waals surface area contributed by atoms with Crippen molar-refractivity contribution in [2.75, 3.05) is 0 Å². The fourth-order valence-electron chi connectivity index (χ4n) is 2.54. The topological polar surface area (TPSA) is 58.6 Å². The van der Waals surface area contributed by atoms with Crippen molar-refractivity contribution in [2.24, 2.45) is 0 Å². The molecule has 0 saturated heterocycles. The summed E-state index contributed by atoms with van der Waals surface area (Å²) < 4.78 is 20.6. The number of amides is 1. The molecule has 1 amide bonds. The van der Waals surface area contributed by atoms with Crippen LogP contribution in [0.1, 0.15) is 71.2 Å². The van der Waals surface area contributed by atoms with E-state index in [0.29, 0.717) is 13.1 Å². The number of benzene rings is 1. The predicted molar refractivity (Wildman–Crippen MR) is 101 cm³/mol. The molecule has 0 aromatic heterocycles. The third-order valence-electron chi connectivity index (χ3n) is 3.94. The monoisotopic (exact) mass is 366 g/mol. The molecule has 1 N–H and O–H groups in total. The van der Waals surface area contributed by atoms with Crippen LogP contribution in [0, 0.1) is 0 Å². The van der Waals surface area contributed by atoms with Gasteiger partial charge in [-0.15, -0.1) is 0 Å². The lowest BCUT2D eigenvalue weighted by atomic mass is 10.0. The minimum Gasteiger partial charge on any atom is -0.444 e. The van der Waals surface area contributed by atoms with Gasteiger partial charge in [0.15, 0.2) is 0 Å². The van der Waals surface area contributed by atoms with Crippen molar-refractivity contribution < 1.29 is 13.7 Å². The van der Waals surface area contributed by atoms with Crippen LogP contribution in [0.4, 0.5) is 4.79 Å². The van der Waals surface area contributed by atoms with Crippen molar-refractivity contribution >= 4 is 17.1 Å². The molecule has 0 aliphatic carbocycles. The molecule has 0 fully saturated rings. The molecule has 1 aromatic rings. The molecule has 0 bridgehead atoms. The number of hydrogen-bond donors (Lipinski definition) is 1. The SMILES string of the molecule is C[C@H](N[S@](=O)C(C)(C)C)c1ccc2c(c1)CN(C(=O)OC(C)(C)C)C2. The molecule has 1 heterocycles. The first-order valence-electron chi connectivity index (χ1n) is 8.64. The van der Waals surface area contributed by atoms with Crippen LogP contribution in [-0.2, 0) is 28.8 Å². The summed E-state index contributed by atoms with van der Waals surface area (Å²) in [6.45, 7) is 14.6. The van der Waals surface area contributed by atoms with E-state index in [1.165, 1.54) is 0 Å². The van der Waals surface area contributed by atoms with Gasteiger partial charge in [0.25, 0.3) is 0 Å². The average Bonchev–Trinajstić information content (AvgIpc) is 2.87. The molecule has 25 heavy (non-hydrogen) atoms. The van der Waals surface area contributed by atoms with Crippen molar-refractivity contribution in [1.82, 2.24) is 9.62 Å². The molecule has 1 aliphatic heterocycles. The van der Waals surface area contributed by atoms with Crippen molar-refractivity contribution in [1.29, 1.82) is 0 Å². The minimum absolute atomic E-state index is 0.0269. The maximum atomic E-state index is 12.3. The van der Waals surface area contributed by atoms with E-state index in [0.717, 1.165) is 16.7 Å². The number of carbonyl (C=O) groups is 1. The molecule has 1 aromatic carbocycles. The summed E-state index contributed by atoms with van der Waals surface area (Å²) in [5.74, 6) is 0. The predicted octanol–water partition coefficient (Wildman–Crippen LogP) is 4.05. The van der Waals surface area contributed by atoms with Gasteiger partial charge < -0.3 is 4.74 Å². The number of nitrogens with one attached hydrogen (secondary N) is 1. The second-order valence-electron chi connectivity index (χ2n) is 8.59. The molecule has 2 atom stereocenters. The van der Waals surface area contributed by atoms with Gasteiger partial charge in [-0.1, -0.05) is 18.2 Å².